The zero-order valence-corrected chi connectivity index (χ0v) is 18.3. The summed E-state index contributed by atoms with van der Waals surface area (Å²) in [6, 6.07) is 14.8. The van der Waals surface area contributed by atoms with Crippen molar-refractivity contribution in [3.05, 3.63) is 64.7 Å². The highest BCUT2D eigenvalue weighted by molar-refractivity contribution is 6.33. The lowest BCUT2D eigenvalue weighted by atomic mass is 9.96. The lowest BCUT2D eigenvalue weighted by molar-refractivity contribution is -0.130. The largest absolute Gasteiger partial charge is 0.325 e. The van der Waals surface area contributed by atoms with Crippen molar-refractivity contribution >= 4 is 35.0 Å². The Balaban J connectivity index is 1.75. The van der Waals surface area contributed by atoms with E-state index in [1.54, 1.807) is 31.2 Å². The smallest absolute Gasteiger partial charge is 0.245 e. The van der Waals surface area contributed by atoms with Gasteiger partial charge in [-0.05, 0) is 42.5 Å². The molecule has 0 radical (unpaired) electrons. The van der Waals surface area contributed by atoms with Gasteiger partial charge in [-0.3, -0.25) is 25.2 Å². The summed E-state index contributed by atoms with van der Waals surface area (Å²) in [6.07, 6.45) is 0.898. The molecule has 0 heterocycles. The molecule has 0 aliphatic rings. The van der Waals surface area contributed by atoms with Gasteiger partial charge in [0.25, 0.3) is 0 Å². The SMILES string of the molecule is CC(C)Cc1ccc(C(C)C(=O)NNC(=O)CCC(=O)Nc2ccccc2Cl)cc1. The molecule has 2 aromatic rings. The molecular formula is C23H28ClN3O3. The van der Waals surface area contributed by atoms with E-state index in [2.05, 4.69) is 30.0 Å². The molecule has 0 saturated heterocycles. The van der Waals surface area contributed by atoms with E-state index >= 15 is 0 Å². The molecule has 1 unspecified atom stereocenters. The first-order chi connectivity index (χ1) is 14.3. The Hall–Kier alpha value is -2.86. The molecule has 0 aliphatic heterocycles. The van der Waals surface area contributed by atoms with E-state index in [9.17, 15) is 14.4 Å². The number of hydrazine groups is 1. The van der Waals surface area contributed by atoms with Gasteiger partial charge in [0, 0.05) is 12.8 Å². The van der Waals surface area contributed by atoms with Gasteiger partial charge in [0.05, 0.1) is 16.6 Å². The number of hydrogen-bond acceptors (Lipinski definition) is 3. The molecular weight excluding hydrogens is 402 g/mol. The van der Waals surface area contributed by atoms with Crippen LogP contribution in [-0.4, -0.2) is 17.7 Å². The lowest BCUT2D eigenvalue weighted by Crippen LogP contribution is -2.43. The predicted octanol–water partition coefficient (Wildman–Crippen LogP) is 4.21. The van der Waals surface area contributed by atoms with Gasteiger partial charge in [0.1, 0.15) is 0 Å². The molecule has 0 aliphatic carbocycles. The number of halogens is 1. The van der Waals surface area contributed by atoms with E-state index in [1.807, 2.05) is 24.3 Å². The lowest BCUT2D eigenvalue weighted by Gasteiger charge is -2.14. The molecule has 0 aromatic heterocycles. The molecule has 0 bridgehead atoms. The molecule has 0 saturated carbocycles. The maximum atomic E-state index is 12.3. The van der Waals surface area contributed by atoms with Gasteiger partial charge in [-0.15, -0.1) is 0 Å². The van der Waals surface area contributed by atoms with E-state index in [0.29, 0.717) is 16.6 Å². The minimum Gasteiger partial charge on any atom is -0.325 e. The third kappa shape index (κ3) is 7.52. The Labute approximate surface area is 182 Å². The number of nitrogens with one attached hydrogen (secondary N) is 3. The first kappa shape index (κ1) is 23.4. The molecule has 3 amide bonds. The summed E-state index contributed by atoms with van der Waals surface area (Å²) in [5.74, 6) is -0.947. The van der Waals surface area contributed by atoms with Crippen LogP contribution in [0.2, 0.25) is 5.02 Å². The molecule has 7 heteroatoms. The Morgan fingerprint density at radius 3 is 2.13 bits per heavy atom. The topological polar surface area (TPSA) is 87.3 Å². The van der Waals surface area contributed by atoms with Crippen molar-refractivity contribution in [2.75, 3.05) is 5.32 Å². The van der Waals surface area contributed by atoms with E-state index in [4.69, 9.17) is 11.6 Å². The number of carbonyl (C=O) groups is 3. The number of amides is 3. The molecule has 0 fully saturated rings. The standard InChI is InChI=1S/C23H28ClN3O3/c1-15(2)14-17-8-10-18(11-9-17)16(3)23(30)27-26-22(29)13-12-21(28)25-20-7-5-4-6-19(20)24/h4-11,15-16H,12-14H2,1-3H3,(H,25,28)(H,26,29)(H,27,30). The molecule has 30 heavy (non-hydrogen) atoms. The highest BCUT2D eigenvalue weighted by Gasteiger charge is 2.16. The molecule has 3 N–H and O–H groups in total. The van der Waals surface area contributed by atoms with E-state index in [0.717, 1.165) is 12.0 Å². The molecule has 2 aromatic carbocycles. The van der Waals surface area contributed by atoms with Gasteiger partial charge >= 0.3 is 0 Å². The summed E-state index contributed by atoms with van der Waals surface area (Å²) in [7, 11) is 0. The fraction of sp³-hybridized carbons (Fsp3) is 0.348. The third-order valence-electron chi connectivity index (χ3n) is 4.57. The summed E-state index contributed by atoms with van der Waals surface area (Å²) >= 11 is 5.98. The maximum absolute atomic E-state index is 12.3. The van der Waals surface area contributed by atoms with Crippen LogP contribution in [0.5, 0.6) is 0 Å². The van der Waals surface area contributed by atoms with Crippen molar-refractivity contribution in [1.29, 1.82) is 0 Å². The summed E-state index contributed by atoms with van der Waals surface area (Å²) in [5.41, 5.74) is 7.36. The Kier molecular flexibility index (Phi) is 8.87. The van der Waals surface area contributed by atoms with Crippen molar-refractivity contribution in [2.45, 2.75) is 46.0 Å². The average Bonchev–Trinajstić information content (AvgIpc) is 2.71. The van der Waals surface area contributed by atoms with Crippen molar-refractivity contribution in [1.82, 2.24) is 10.9 Å². The number of para-hydroxylation sites is 1. The van der Waals surface area contributed by atoms with Crippen LogP contribution in [-0.2, 0) is 20.8 Å². The minimum atomic E-state index is -0.447. The summed E-state index contributed by atoms with van der Waals surface area (Å²) in [5, 5.41) is 3.07. The summed E-state index contributed by atoms with van der Waals surface area (Å²) in [6.45, 7) is 6.09. The second kappa shape index (κ2) is 11.4. The van der Waals surface area contributed by atoms with Crippen molar-refractivity contribution in [3.63, 3.8) is 0 Å². The van der Waals surface area contributed by atoms with E-state index < -0.39 is 11.8 Å². The minimum absolute atomic E-state index is 0.0280. The second-order valence-electron chi connectivity index (χ2n) is 7.63. The number of benzene rings is 2. The van der Waals surface area contributed by atoms with Crippen LogP contribution in [0.4, 0.5) is 5.69 Å². The van der Waals surface area contributed by atoms with E-state index in [1.165, 1.54) is 5.56 Å². The number of rotatable bonds is 8. The van der Waals surface area contributed by atoms with Crippen LogP contribution in [0.25, 0.3) is 0 Å². The first-order valence-electron chi connectivity index (χ1n) is 9.98. The highest BCUT2D eigenvalue weighted by Crippen LogP contribution is 2.20. The fourth-order valence-corrected chi connectivity index (χ4v) is 3.05. The van der Waals surface area contributed by atoms with Crippen LogP contribution < -0.4 is 16.2 Å². The third-order valence-corrected chi connectivity index (χ3v) is 4.90. The monoisotopic (exact) mass is 429 g/mol. The first-order valence-corrected chi connectivity index (χ1v) is 10.4. The quantitative estimate of drug-likeness (QED) is 0.549. The predicted molar refractivity (Wildman–Crippen MR) is 119 cm³/mol. The van der Waals surface area contributed by atoms with Crippen LogP contribution in [0.1, 0.15) is 50.7 Å². The molecule has 0 spiro atoms. The zero-order valence-electron chi connectivity index (χ0n) is 17.5. The Morgan fingerprint density at radius 2 is 1.50 bits per heavy atom. The molecule has 2 rings (SSSR count). The van der Waals surface area contributed by atoms with Gasteiger partial charge < -0.3 is 5.32 Å². The van der Waals surface area contributed by atoms with Gasteiger partial charge in [0.15, 0.2) is 0 Å². The summed E-state index contributed by atoms with van der Waals surface area (Å²) in [4.78, 5) is 36.2. The van der Waals surface area contributed by atoms with Gasteiger partial charge in [-0.25, -0.2) is 0 Å². The van der Waals surface area contributed by atoms with Crippen molar-refractivity contribution in [3.8, 4) is 0 Å². The van der Waals surface area contributed by atoms with E-state index in [-0.39, 0.29) is 24.7 Å². The Morgan fingerprint density at radius 1 is 0.867 bits per heavy atom. The van der Waals surface area contributed by atoms with Crippen LogP contribution >= 0.6 is 11.6 Å². The Bertz CT molecular complexity index is 882. The summed E-state index contributed by atoms with van der Waals surface area (Å²) < 4.78 is 0. The fourth-order valence-electron chi connectivity index (χ4n) is 2.87. The van der Waals surface area contributed by atoms with Crippen LogP contribution in [0, 0.1) is 5.92 Å². The number of hydrogen-bond donors (Lipinski definition) is 3. The van der Waals surface area contributed by atoms with Crippen molar-refractivity contribution < 1.29 is 14.4 Å². The number of carbonyl (C=O) groups excluding carboxylic acids is 3. The van der Waals surface area contributed by atoms with Gasteiger partial charge in [0.2, 0.25) is 17.7 Å². The van der Waals surface area contributed by atoms with Crippen molar-refractivity contribution in [2.24, 2.45) is 5.92 Å². The molecule has 6 nitrogen and oxygen atoms in total. The highest BCUT2D eigenvalue weighted by atomic mass is 35.5. The maximum Gasteiger partial charge on any atom is 0.245 e. The zero-order chi connectivity index (χ0) is 22.1. The number of anilines is 1. The molecule has 1 atom stereocenters. The molecule has 160 valence electrons. The second-order valence-corrected chi connectivity index (χ2v) is 8.03. The average molecular weight is 430 g/mol. The van der Waals surface area contributed by atoms with Gasteiger partial charge in [-0.2, -0.15) is 0 Å². The normalized spacial score (nSPS) is 11.6. The van der Waals surface area contributed by atoms with Crippen LogP contribution in [0.3, 0.4) is 0 Å². The van der Waals surface area contributed by atoms with Gasteiger partial charge in [-0.1, -0.05) is 61.8 Å². The van der Waals surface area contributed by atoms with Crippen LogP contribution in [0.15, 0.2) is 48.5 Å².